The third kappa shape index (κ3) is 4.44. The molecular weight excluding hydrogens is 354 g/mol. The Morgan fingerprint density at radius 2 is 1.75 bits per heavy atom. The van der Waals surface area contributed by atoms with E-state index in [4.69, 9.17) is 9.47 Å². The van der Waals surface area contributed by atoms with Crippen molar-refractivity contribution in [1.82, 2.24) is 14.9 Å². The summed E-state index contributed by atoms with van der Waals surface area (Å²) in [5.41, 5.74) is 2.50. The van der Waals surface area contributed by atoms with E-state index in [-0.39, 0.29) is 5.91 Å². The first-order chi connectivity index (χ1) is 13.6. The molecule has 6 nitrogen and oxygen atoms in total. The number of benzene rings is 2. The minimum atomic E-state index is -0.171. The number of carbonyl (C=O) groups is 1. The first-order valence-corrected chi connectivity index (χ1v) is 9.72. The second kappa shape index (κ2) is 9.26. The highest BCUT2D eigenvalue weighted by Gasteiger charge is 2.13. The summed E-state index contributed by atoms with van der Waals surface area (Å²) in [5.74, 6) is 1.91. The van der Waals surface area contributed by atoms with Crippen LogP contribution in [0.5, 0.6) is 11.5 Å². The zero-order valence-corrected chi connectivity index (χ0v) is 16.7. The fraction of sp³-hybridized carbons (Fsp3) is 0.364. The number of amides is 1. The number of para-hydroxylation sites is 2. The molecule has 0 aliphatic carbocycles. The molecule has 148 valence electrons. The van der Waals surface area contributed by atoms with Crippen LogP contribution in [0.1, 0.15) is 42.9 Å². The van der Waals surface area contributed by atoms with Gasteiger partial charge < -0.3 is 19.4 Å². The minimum absolute atomic E-state index is 0.171. The molecule has 0 spiro atoms. The smallest absolute Gasteiger partial charge is 0.251 e. The summed E-state index contributed by atoms with van der Waals surface area (Å²) in [6, 6.07) is 13.2. The van der Waals surface area contributed by atoms with Gasteiger partial charge in [-0.2, -0.15) is 0 Å². The second-order valence-electron chi connectivity index (χ2n) is 6.62. The highest BCUT2D eigenvalue weighted by Crippen LogP contribution is 2.29. The molecule has 3 rings (SSSR count). The molecule has 1 heterocycles. The lowest BCUT2D eigenvalue weighted by molar-refractivity contribution is 0.0949. The number of ether oxygens (including phenoxy) is 2. The zero-order valence-electron chi connectivity index (χ0n) is 16.7. The molecule has 1 amide bonds. The van der Waals surface area contributed by atoms with Crippen LogP contribution in [0.3, 0.4) is 0 Å². The Kier molecular flexibility index (Phi) is 6.53. The van der Waals surface area contributed by atoms with Gasteiger partial charge in [-0.1, -0.05) is 26.0 Å². The molecule has 0 unspecified atom stereocenters. The van der Waals surface area contributed by atoms with Crippen LogP contribution in [0.25, 0.3) is 11.0 Å². The van der Waals surface area contributed by atoms with E-state index in [2.05, 4.69) is 17.2 Å². The van der Waals surface area contributed by atoms with Gasteiger partial charge in [0.1, 0.15) is 5.82 Å². The number of imidazole rings is 1. The summed E-state index contributed by atoms with van der Waals surface area (Å²) in [6.45, 7) is 5.63. The lowest BCUT2D eigenvalue weighted by Gasteiger charge is -2.13. The SMILES string of the molecule is CCCOc1ccc(C(=O)NCc2nc3ccccc3n2C)cc1OCCC. The van der Waals surface area contributed by atoms with E-state index in [0.717, 1.165) is 29.7 Å². The Bertz CT molecular complexity index is 949. The molecule has 0 saturated carbocycles. The number of aromatic nitrogens is 2. The third-order valence-electron chi connectivity index (χ3n) is 4.42. The zero-order chi connectivity index (χ0) is 19.9. The van der Waals surface area contributed by atoms with Crippen LogP contribution >= 0.6 is 0 Å². The molecule has 1 N–H and O–H groups in total. The molecule has 6 heteroatoms. The van der Waals surface area contributed by atoms with E-state index in [0.29, 0.717) is 36.8 Å². The molecule has 0 radical (unpaired) electrons. The van der Waals surface area contributed by atoms with E-state index in [9.17, 15) is 4.79 Å². The number of hydrogen-bond acceptors (Lipinski definition) is 4. The summed E-state index contributed by atoms with van der Waals surface area (Å²) in [7, 11) is 1.95. The molecule has 0 aliphatic heterocycles. The molecule has 0 aliphatic rings. The van der Waals surface area contributed by atoms with Gasteiger partial charge in [0.15, 0.2) is 11.5 Å². The van der Waals surface area contributed by atoms with E-state index in [1.54, 1.807) is 18.2 Å². The van der Waals surface area contributed by atoms with Crippen molar-refractivity contribution in [2.24, 2.45) is 7.05 Å². The average Bonchev–Trinajstić information content (AvgIpc) is 3.05. The van der Waals surface area contributed by atoms with Gasteiger partial charge in [0.05, 0.1) is 30.8 Å². The summed E-state index contributed by atoms with van der Waals surface area (Å²) >= 11 is 0. The first-order valence-electron chi connectivity index (χ1n) is 9.72. The maximum atomic E-state index is 12.7. The second-order valence-corrected chi connectivity index (χ2v) is 6.62. The summed E-state index contributed by atoms with van der Waals surface area (Å²) in [5, 5.41) is 2.94. The van der Waals surface area contributed by atoms with Crippen molar-refractivity contribution < 1.29 is 14.3 Å². The minimum Gasteiger partial charge on any atom is -0.490 e. The highest BCUT2D eigenvalue weighted by atomic mass is 16.5. The molecule has 28 heavy (non-hydrogen) atoms. The maximum Gasteiger partial charge on any atom is 0.251 e. The van der Waals surface area contributed by atoms with Crippen LogP contribution in [0.2, 0.25) is 0 Å². The van der Waals surface area contributed by atoms with Crippen molar-refractivity contribution in [1.29, 1.82) is 0 Å². The van der Waals surface area contributed by atoms with Gasteiger partial charge in [-0.05, 0) is 43.2 Å². The van der Waals surface area contributed by atoms with Gasteiger partial charge in [0.25, 0.3) is 5.91 Å². The van der Waals surface area contributed by atoms with Gasteiger partial charge in [-0.25, -0.2) is 4.98 Å². The number of nitrogens with one attached hydrogen (secondary N) is 1. The van der Waals surface area contributed by atoms with E-state index in [1.807, 2.05) is 42.8 Å². The predicted molar refractivity (Wildman–Crippen MR) is 110 cm³/mol. The van der Waals surface area contributed by atoms with E-state index >= 15 is 0 Å². The molecule has 1 aromatic heterocycles. The van der Waals surface area contributed by atoms with Crippen molar-refractivity contribution in [2.45, 2.75) is 33.2 Å². The highest BCUT2D eigenvalue weighted by molar-refractivity contribution is 5.94. The van der Waals surface area contributed by atoms with Crippen LogP contribution in [-0.2, 0) is 13.6 Å². The number of fused-ring (bicyclic) bond motifs is 1. The lowest BCUT2D eigenvalue weighted by atomic mass is 10.2. The van der Waals surface area contributed by atoms with Crippen molar-refractivity contribution >= 4 is 16.9 Å². The van der Waals surface area contributed by atoms with Crippen LogP contribution in [0.4, 0.5) is 0 Å². The monoisotopic (exact) mass is 381 g/mol. The van der Waals surface area contributed by atoms with E-state index < -0.39 is 0 Å². The first kappa shape index (κ1) is 19.7. The summed E-state index contributed by atoms with van der Waals surface area (Å²) in [4.78, 5) is 17.2. The molecule has 2 aromatic carbocycles. The normalized spacial score (nSPS) is 10.8. The quantitative estimate of drug-likeness (QED) is 0.606. The number of aryl methyl sites for hydroxylation is 1. The van der Waals surface area contributed by atoms with Crippen molar-refractivity contribution in [2.75, 3.05) is 13.2 Å². The van der Waals surface area contributed by atoms with Crippen LogP contribution in [0, 0.1) is 0 Å². The van der Waals surface area contributed by atoms with Crippen LogP contribution < -0.4 is 14.8 Å². The Morgan fingerprint density at radius 3 is 2.46 bits per heavy atom. The van der Waals surface area contributed by atoms with Crippen molar-refractivity contribution in [3.63, 3.8) is 0 Å². The van der Waals surface area contributed by atoms with Gasteiger partial charge in [-0.3, -0.25) is 4.79 Å². The molecule has 3 aromatic rings. The van der Waals surface area contributed by atoms with E-state index in [1.165, 1.54) is 0 Å². The number of nitrogens with zero attached hydrogens (tertiary/aromatic N) is 2. The summed E-state index contributed by atoms with van der Waals surface area (Å²) in [6.07, 6.45) is 1.80. The van der Waals surface area contributed by atoms with Gasteiger partial charge >= 0.3 is 0 Å². The van der Waals surface area contributed by atoms with Crippen molar-refractivity contribution in [3.8, 4) is 11.5 Å². The summed E-state index contributed by atoms with van der Waals surface area (Å²) < 4.78 is 13.5. The molecule has 0 saturated heterocycles. The molecule has 0 bridgehead atoms. The Hall–Kier alpha value is -3.02. The number of rotatable bonds is 9. The lowest BCUT2D eigenvalue weighted by Crippen LogP contribution is -2.24. The van der Waals surface area contributed by atoms with Gasteiger partial charge in [0, 0.05) is 12.6 Å². The Labute approximate surface area is 165 Å². The molecular formula is C22H27N3O3. The average molecular weight is 381 g/mol. The molecule has 0 fully saturated rings. The maximum absolute atomic E-state index is 12.7. The third-order valence-corrected chi connectivity index (χ3v) is 4.42. The molecule has 0 atom stereocenters. The number of carbonyl (C=O) groups excluding carboxylic acids is 1. The fourth-order valence-electron chi connectivity index (χ4n) is 2.92. The number of hydrogen-bond donors (Lipinski definition) is 1. The van der Waals surface area contributed by atoms with Gasteiger partial charge in [0.2, 0.25) is 0 Å². The Balaban J connectivity index is 1.72. The van der Waals surface area contributed by atoms with Crippen molar-refractivity contribution in [3.05, 3.63) is 53.9 Å². The topological polar surface area (TPSA) is 65.4 Å². The van der Waals surface area contributed by atoms with Gasteiger partial charge in [-0.15, -0.1) is 0 Å². The van der Waals surface area contributed by atoms with Crippen LogP contribution in [-0.4, -0.2) is 28.7 Å². The Morgan fingerprint density at radius 1 is 1.04 bits per heavy atom. The van der Waals surface area contributed by atoms with Crippen LogP contribution in [0.15, 0.2) is 42.5 Å². The largest absolute Gasteiger partial charge is 0.490 e. The standard InChI is InChI=1S/C22H27N3O3/c1-4-12-27-19-11-10-16(14-20(19)28-13-5-2)22(26)23-15-21-24-17-8-6-7-9-18(17)25(21)3/h6-11,14H,4-5,12-13,15H2,1-3H3,(H,23,26). The predicted octanol–water partition coefficient (Wildman–Crippen LogP) is 4.08. The fourth-order valence-corrected chi connectivity index (χ4v) is 2.92.